The Morgan fingerprint density at radius 1 is 1.25 bits per heavy atom. The van der Waals surface area contributed by atoms with Crippen LogP contribution in [0.25, 0.3) is 0 Å². The summed E-state index contributed by atoms with van der Waals surface area (Å²) < 4.78 is 0. The highest BCUT2D eigenvalue weighted by Gasteiger charge is 2.43. The molecule has 1 aliphatic rings. The summed E-state index contributed by atoms with van der Waals surface area (Å²) in [5.41, 5.74) is 2.59. The van der Waals surface area contributed by atoms with E-state index < -0.39 is 0 Å². The lowest BCUT2D eigenvalue weighted by Gasteiger charge is -2.43. The largest absolute Gasteiger partial charge is 0.308 e. The second kappa shape index (κ2) is 5.66. The minimum Gasteiger partial charge on any atom is -0.308 e. The third-order valence-corrected chi connectivity index (χ3v) is 5.70. The molecule has 2 unspecified atom stereocenters. The van der Waals surface area contributed by atoms with Gasteiger partial charge in [0.15, 0.2) is 0 Å². The van der Waals surface area contributed by atoms with Gasteiger partial charge in [0.25, 0.3) is 0 Å². The van der Waals surface area contributed by atoms with Gasteiger partial charge in [-0.3, -0.25) is 0 Å². The number of hydrogen-bond acceptors (Lipinski definition) is 3. The SMILES string of the molecule is CNC1(c2nc(C)cs2)CCCCC1c1ccccc1. The quantitative estimate of drug-likeness (QED) is 0.913. The van der Waals surface area contributed by atoms with E-state index in [1.54, 1.807) is 11.3 Å². The number of nitrogens with zero attached hydrogens (tertiary/aromatic N) is 1. The first-order valence-electron chi connectivity index (χ1n) is 7.43. The summed E-state index contributed by atoms with van der Waals surface area (Å²) >= 11 is 1.80. The van der Waals surface area contributed by atoms with E-state index in [9.17, 15) is 0 Å². The molecule has 3 rings (SSSR count). The zero-order valence-electron chi connectivity index (χ0n) is 12.2. The van der Waals surface area contributed by atoms with Crippen molar-refractivity contribution in [3.8, 4) is 0 Å². The zero-order chi connectivity index (χ0) is 14.0. The number of aryl methyl sites for hydroxylation is 1. The standard InChI is InChI=1S/C17H22N2S/c1-13-12-20-16(19-13)17(18-2)11-7-6-10-15(17)14-8-4-3-5-9-14/h3-5,8-9,12,15,18H,6-7,10-11H2,1-2H3. The number of benzene rings is 1. The first kappa shape index (κ1) is 13.8. The Labute approximate surface area is 125 Å². The molecule has 0 radical (unpaired) electrons. The van der Waals surface area contributed by atoms with Crippen molar-refractivity contribution < 1.29 is 0 Å². The van der Waals surface area contributed by atoms with Crippen molar-refractivity contribution in [2.24, 2.45) is 0 Å². The third kappa shape index (κ3) is 2.29. The summed E-state index contributed by atoms with van der Waals surface area (Å²) in [5, 5.41) is 7.07. The van der Waals surface area contributed by atoms with Gasteiger partial charge in [-0.2, -0.15) is 0 Å². The first-order valence-corrected chi connectivity index (χ1v) is 8.31. The number of nitrogens with one attached hydrogen (secondary N) is 1. The molecule has 0 amide bonds. The fraction of sp³-hybridized carbons (Fsp3) is 0.471. The molecule has 0 aliphatic heterocycles. The summed E-state index contributed by atoms with van der Waals surface area (Å²) in [4.78, 5) is 4.81. The Morgan fingerprint density at radius 2 is 2.05 bits per heavy atom. The molecule has 1 aromatic heterocycles. The monoisotopic (exact) mass is 286 g/mol. The third-order valence-electron chi connectivity index (χ3n) is 4.56. The molecular weight excluding hydrogens is 264 g/mol. The molecule has 3 heteroatoms. The van der Waals surface area contributed by atoms with Gasteiger partial charge in [0.1, 0.15) is 5.01 Å². The maximum absolute atomic E-state index is 4.81. The van der Waals surface area contributed by atoms with E-state index in [2.05, 4.69) is 55.0 Å². The molecule has 1 saturated carbocycles. The molecule has 1 N–H and O–H groups in total. The lowest BCUT2D eigenvalue weighted by molar-refractivity contribution is 0.207. The van der Waals surface area contributed by atoms with Crippen LogP contribution < -0.4 is 5.32 Å². The second-order valence-corrected chi connectivity index (χ2v) is 6.58. The number of likely N-dealkylation sites (N-methyl/N-ethyl adjacent to an activating group) is 1. The highest BCUT2D eigenvalue weighted by Crippen LogP contribution is 2.47. The van der Waals surface area contributed by atoms with E-state index in [4.69, 9.17) is 4.98 Å². The van der Waals surface area contributed by atoms with Crippen LogP contribution in [-0.4, -0.2) is 12.0 Å². The maximum atomic E-state index is 4.81. The van der Waals surface area contributed by atoms with Crippen molar-refractivity contribution in [2.75, 3.05) is 7.05 Å². The van der Waals surface area contributed by atoms with Gasteiger partial charge in [-0.05, 0) is 32.4 Å². The van der Waals surface area contributed by atoms with Gasteiger partial charge in [0, 0.05) is 17.0 Å². The van der Waals surface area contributed by atoms with Crippen LogP contribution in [-0.2, 0) is 5.54 Å². The molecule has 2 aromatic rings. The molecule has 0 bridgehead atoms. The Bertz CT molecular complexity index is 563. The highest BCUT2D eigenvalue weighted by atomic mass is 32.1. The predicted molar refractivity (Wildman–Crippen MR) is 85.2 cm³/mol. The van der Waals surface area contributed by atoms with Gasteiger partial charge in [-0.15, -0.1) is 11.3 Å². The minimum atomic E-state index is 0.0124. The van der Waals surface area contributed by atoms with E-state index in [0.717, 1.165) is 5.69 Å². The number of aromatic nitrogens is 1. The number of thiazole rings is 1. The van der Waals surface area contributed by atoms with E-state index in [1.165, 1.54) is 36.3 Å². The number of hydrogen-bond donors (Lipinski definition) is 1. The predicted octanol–water partition coefficient (Wildman–Crippen LogP) is 4.22. The normalized spacial score (nSPS) is 26.6. The summed E-state index contributed by atoms with van der Waals surface area (Å²) in [6, 6.07) is 10.9. The van der Waals surface area contributed by atoms with E-state index in [0.29, 0.717) is 5.92 Å². The van der Waals surface area contributed by atoms with Crippen LogP contribution in [0.1, 0.15) is 47.9 Å². The molecule has 1 heterocycles. The van der Waals surface area contributed by atoms with Crippen molar-refractivity contribution in [1.82, 2.24) is 10.3 Å². The molecule has 1 aliphatic carbocycles. The zero-order valence-corrected chi connectivity index (χ0v) is 13.0. The van der Waals surface area contributed by atoms with Crippen LogP contribution in [0.2, 0.25) is 0 Å². The summed E-state index contributed by atoms with van der Waals surface area (Å²) in [5.74, 6) is 0.521. The lowest BCUT2D eigenvalue weighted by atomic mass is 9.70. The molecule has 1 aromatic carbocycles. The van der Waals surface area contributed by atoms with Crippen LogP contribution >= 0.6 is 11.3 Å². The highest BCUT2D eigenvalue weighted by molar-refractivity contribution is 7.09. The van der Waals surface area contributed by atoms with Gasteiger partial charge in [-0.25, -0.2) is 4.98 Å². The van der Waals surface area contributed by atoms with E-state index in [-0.39, 0.29) is 5.54 Å². The molecule has 2 atom stereocenters. The lowest BCUT2D eigenvalue weighted by Crippen LogP contribution is -2.47. The van der Waals surface area contributed by atoms with E-state index in [1.807, 2.05) is 0 Å². The molecule has 2 nitrogen and oxygen atoms in total. The van der Waals surface area contributed by atoms with Crippen molar-refractivity contribution >= 4 is 11.3 Å². The van der Waals surface area contributed by atoms with Crippen LogP contribution in [0.4, 0.5) is 0 Å². The fourth-order valence-electron chi connectivity index (χ4n) is 3.53. The van der Waals surface area contributed by atoms with Crippen molar-refractivity contribution in [3.05, 3.63) is 52.0 Å². The smallest absolute Gasteiger partial charge is 0.114 e. The molecular formula is C17H22N2S. The summed E-state index contributed by atoms with van der Waals surface area (Å²) in [7, 11) is 2.10. The Morgan fingerprint density at radius 3 is 2.70 bits per heavy atom. The van der Waals surface area contributed by atoms with Crippen LogP contribution in [0.15, 0.2) is 35.7 Å². The average molecular weight is 286 g/mol. The second-order valence-electron chi connectivity index (χ2n) is 5.72. The van der Waals surface area contributed by atoms with Gasteiger partial charge in [0.05, 0.1) is 5.54 Å². The molecule has 0 saturated heterocycles. The fourth-order valence-corrected chi connectivity index (χ4v) is 4.62. The maximum Gasteiger partial charge on any atom is 0.114 e. The topological polar surface area (TPSA) is 24.9 Å². The minimum absolute atomic E-state index is 0.0124. The molecule has 106 valence electrons. The number of rotatable bonds is 3. The van der Waals surface area contributed by atoms with Crippen molar-refractivity contribution in [1.29, 1.82) is 0 Å². The molecule has 20 heavy (non-hydrogen) atoms. The van der Waals surface area contributed by atoms with Gasteiger partial charge in [-0.1, -0.05) is 43.2 Å². The van der Waals surface area contributed by atoms with Crippen molar-refractivity contribution in [3.63, 3.8) is 0 Å². The molecule has 0 spiro atoms. The van der Waals surface area contributed by atoms with Crippen LogP contribution in [0.5, 0.6) is 0 Å². The van der Waals surface area contributed by atoms with Gasteiger partial charge >= 0.3 is 0 Å². The Hall–Kier alpha value is -1.19. The van der Waals surface area contributed by atoms with E-state index >= 15 is 0 Å². The first-order chi connectivity index (χ1) is 9.76. The summed E-state index contributed by atoms with van der Waals surface area (Å²) in [6.07, 6.45) is 5.01. The summed E-state index contributed by atoms with van der Waals surface area (Å²) in [6.45, 7) is 2.09. The Kier molecular flexibility index (Phi) is 3.90. The Balaban J connectivity index is 2.06. The van der Waals surface area contributed by atoms with Crippen LogP contribution in [0.3, 0.4) is 0 Å². The average Bonchev–Trinajstić information content (AvgIpc) is 2.95. The molecule has 1 fully saturated rings. The van der Waals surface area contributed by atoms with Crippen LogP contribution in [0, 0.1) is 6.92 Å². The van der Waals surface area contributed by atoms with Gasteiger partial charge < -0.3 is 5.32 Å². The van der Waals surface area contributed by atoms with Gasteiger partial charge in [0.2, 0.25) is 0 Å². The van der Waals surface area contributed by atoms with Crippen molar-refractivity contribution in [2.45, 2.75) is 44.1 Å².